The maximum atomic E-state index is 11.1. The number of carbonyl (C=O) groups is 1. The lowest BCUT2D eigenvalue weighted by Gasteiger charge is -2.00. The zero-order valence-corrected chi connectivity index (χ0v) is 8.64. The van der Waals surface area contributed by atoms with Crippen LogP contribution in [-0.4, -0.2) is 25.8 Å². The lowest BCUT2D eigenvalue weighted by Crippen LogP contribution is -2.08. The topological polar surface area (TPSA) is 48.7 Å². The van der Waals surface area contributed by atoms with Crippen molar-refractivity contribution in [2.24, 2.45) is 0 Å². The summed E-state index contributed by atoms with van der Waals surface area (Å²) < 4.78 is 14.9. The molecule has 4 nitrogen and oxygen atoms in total. The number of esters is 1. The molecule has 82 valence electrons. The summed E-state index contributed by atoms with van der Waals surface area (Å²) >= 11 is 0. The molecular formula is C11H14O4. The molecule has 4 heteroatoms. The van der Waals surface area contributed by atoms with E-state index in [0.717, 1.165) is 0 Å². The number of furan rings is 1. The molecule has 0 amide bonds. The van der Waals surface area contributed by atoms with Crippen molar-refractivity contribution in [1.82, 2.24) is 0 Å². The largest absolute Gasteiger partial charge is 0.465 e. The van der Waals surface area contributed by atoms with Crippen LogP contribution in [0.4, 0.5) is 0 Å². The Labute approximate surface area is 88.5 Å². The maximum absolute atomic E-state index is 11.1. The summed E-state index contributed by atoms with van der Waals surface area (Å²) in [4.78, 5) is 11.1. The fourth-order valence-electron chi connectivity index (χ4n) is 0.930. The van der Waals surface area contributed by atoms with E-state index in [2.05, 4.69) is 0 Å². The molecule has 0 spiro atoms. The first kappa shape index (κ1) is 11.5. The second-order valence-electron chi connectivity index (χ2n) is 2.71. The Morgan fingerprint density at radius 1 is 1.53 bits per heavy atom. The summed E-state index contributed by atoms with van der Waals surface area (Å²) in [6.07, 6.45) is 4.42. The Morgan fingerprint density at radius 2 is 2.40 bits per heavy atom. The molecule has 1 aromatic rings. The van der Waals surface area contributed by atoms with Crippen LogP contribution in [0, 0.1) is 0 Å². The van der Waals surface area contributed by atoms with Crippen molar-refractivity contribution in [3.05, 3.63) is 30.2 Å². The normalized spacial score (nSPS) is 10.7. The smallest absolute Gasteiger partial charge is 0.330 e. The summed E-state index contributed by atoms with van der Waals surface area (Å²) in [5.74, 6) is 0.225. The van der Waals surface area contributed by atoms with Crippen molar-refractivity contribution in [2.45, 2.75) is 6.92 Å². The lowest BCUT2D eigenvalue weighted by molar-refractivity contribution is -0.139. The first-order valence-electron chi connectivity index (χ1n) is 4.79. The van der Waals surface area contributed by atoms with E-state index in [4.69, 9.17) is 13.9 Å². The molecule has 1 aromatic heterocycles. The highest BCUT2D eigenvalue weighted by molar-refractivity contribution is 5.86. The van der Waals surface area contributed by atoms with Gasteiger partial charge in [0.1, 0.15) is 12.4 Å². The summed E-state index contributed by atoms with van der Waals surface area (Å²) in [6, 6.07) is 3.50. The number of ether oxygens (including phenoxy) is 2. The van der Waals surface area contributed by atoms with Gasteiger partial charge in [0, 0.05) is 12.7 Å². The Morgan fingerprint density at radius 3 is 3.07 bits per heavy atom. The third kappa shape index (κ3) is 5.02. The van der Waals surface area contributed by atoms with Gasteiger partial charge in [-0.15, -0.1) is 0 Å². The number of rotatable bonds is 6. The van der Waals surface area contributed by atoms with Crippen molar-refractivity contribution >= 4 is 12.0 Å². The monoisotopic (exact) mass is 210 g/mol. The number of hydrogen-bond acceptors (Lipinski definition) is 4. The van der Waals surface area contributed by atoms with Gasteiger partial charge < -0.3 is 13.9 Å². The molecule has 0 aliphatic carbocycles. The SMILES string of the molecule is CCOCCOC(=O)/C=C/c1ccco1. The summed E-state index contributed by atoms with van der Waals surface area (Å²) in [6.45, 7) is 3.21. The minimum atomic E-state index is -0.397. The predicted molar refractivity (Wildman–Crippen MR) is 55.2 cm³/mol. The van der Waals surface area contributed by atoms with Crippen LogP contribution in [0.3, 0.4) is 0 Å². The van der Waals surface area contributed by atoms with Crippen LogP contribution in [0.2, 0.25) is 0 Å². The van der Waals surface area contributed by atoms with Crippen LogP contribution in [0.25, 0.3) is 6.08 Å². The van der Waals surface area contributed by atoms with Crippen molar-refractivity contribution in [3.63, 3.8) is 0 Å². The van der Waals surface area contributed by atoms with Crippen molar-refractivity contribution in [1.29, 1.82) is 0 Å². The van der Waals surface area contributed by atoms with Gasteiger partial charge in [0.05, 0.1) is 12.9 Å². The van der Waals surface area contributed by atoms with E-state index < -0.39 is 5.97 Å². The first-order chi connectivity index (χ1) is 7.33. The van der Waals surface area contributed by atoms with Gasteiger partial charge in [0.15, 0.2) is 0 Å². The Balaban J connectivity index is 2.18. The van der Waals surface area contributed by atoms with Gasteiger partial charge in [-0.25, -0.2) is 4.79 Å². The average Bonchev–Trinajstić information content (AvgIpc) is 2.74. The van der Waals surface area contributed by atoms with Gasteiger partial charge in [0.2, 0.25) is 0 Å². The highest BCUT2D eigenvalue weighted by Gasteiger charge is 1.96. The molecule has 0 unspecified atom stereocenters. The van der Waals surface area contributed by atoms with Gasteiger partial charge >= 0.3 is 5.97 Å². The van der Waals surface area contributed by atoms with E-state index in [1.165, 1.54) is 6.08 Å². The molecule has 0 atom stereocenters. The zero-order chi connectivity index (χ0) is 10.9. The standard InChI is InChI=1S/C11H14O4/c1-2-13-8-9-15-11(12)6-5-10-4-3-7-14-10/h3-7H,2,8-9H2,1H3/b6-5+. The van der Waals surface area contributed by atoms with Crippen LogP contribution in [-0.2, 0) is 14.3 Å². The Hall–Kier alpha value is -1.55. The summed E-state index contributed by atoms with van der Waals surface area (Å²) in [5, 5.41) is 0. The van der Waals surface area contributed by atoms with Crippen LogP contribution in [0.5, 0.6) is 0 Å². The third-order valence-corrected chi connectivity index (χ3v) is 1.60. The molecule has 0 fully saturated rings. The van der Waals surface area contributed by atoms with E-state index in [9.17, 15) is 4.79 Å². The molecule has 1 heterocycles. The van der Waals surface area contributed by atoms with Crippen LogP contribution in [0.1, 0.15) is 12.7 Å². The van der Waals surface area contributed by atoms with E-state index in [1.807, 2.05) is 6.92 Å². The quantitative estimate of drug-likeness (QED) is 0.408. The van der Waals surface area contributed by atoms with Gasteiger partial charge in [-0.1, -0.05) is 0 Å². The number of carbonyl (C=O) groups excluding carboxylic acids is 1. The molecular weight excluding hydrogens is 196 g/mol. The number of hydrogen-bond donors (Lipinski definition) is 0. The molecule has 0 saturated carbocycles. The zero-order valence-electron chi connectivity index (χ0n) is 8.64. The predicted octanol–water partition coefficient (Wildman–Crippen LogP) is 1.87. The molecule has 1 rings (SSSR count). The van der Waals surface area contributed by atoms with Crippen molar-refractivity contribution in [3.8, 4) is 0 Å². The van der Waals surface area contributed by atoms with E-state index in [0.29, 0.717) is 19.0 Å². The molecule has 0 N–H and O–H groups in total. The molecule has 0 saturated heterocycles. The lowest BCUT2D eigenvalue weighted by atomic mass is 10.4. The van der Waals surface area contributed by atoms with Crippen molar-refractivity contribution in [2.75, 3.05) is 19.8 Å². The molecule has 15 heavy (non-hydrogen) atoms. The highest BCUT2D eigenvalue weighted by atomic mass is 16.6. The average molecular weight is 210 g/mol. The van der Waals surface area contributed by atoms with Crippen LogP contribution >= 0.6 is 0 Å². The van der Waals surface area contributed by atoms with E-state index in [-0.39, 0.29) is 6.61 Å². The minimum absolute atomic E-state index is 0.273. The molecule has 0 aliphatic rings. The fourth-order valence-corrected chi connectivity index (χ4v) is 0.930. The second-order valence-corrected chi connectivity index (χ2v) is 2.71. The van der Waals surface area contributed by atoms with Crippen molar-refractivity contribution < 1.29 is 18.7 Å². The highest BCUT2D eigenvalue weighted by Crippen LogP contribution is 2.02. The Kier molecular flexibility index (Phi) is 5.25. The van der Waals surface area contributed by atoms with E-state index in [1.54, 1.807) is 24.5 Å². The summed E-state index contributed by atoms with van der Waals surface area (Å²) in [5.41, 5.74) is 0. The van der Waals surface area contributed by atoms with Gasteiger partial charge in [-0.3, -0.25) is 0 Å². The summed E-state index contributed by atoms with van der Waals surface area (Å²) in [7, 11) is 0. The first-order valence-corrected chi connectivity index (χ1v) is 4.79. The van der Waals surface area contributed by atoms with Crippen LogP contribution in [0.15, 0.2) is 28.9 Å². The molecule has 0 aromatic carbocycles. The van der Waals surface area contributed by atoms with Gasteiger partial charge in [-0.05, 0) is 25.1 Å². The maximum Gasteiger partial charge on any atom is 0.330 e. The van der Waals surface area contributed by atoms with Crippen LogP contribution < -0.4 is 0 Å². The molecule has 0 aliphatic heterocycles. The second kappa shape index (κ2) is 6.84. The minimum Gasteiger partial charge on any atom is -0.465 e. The van der Waals surface area contributed by atoms with Gasteiger partial charge in [0.25, 0.3) is 0 Å². The van der Waals surface area contributed by atoms with Gasteiger partial charge in [-0.2, -0.15) is 0 Å². The molecule has 0 radical (unpaired) electrons. The third-order valence-electron chi connectivity index (χ3n) is 1.60. The fraction of sp³-hybridized carbons (Fsp3) is 0.364. The Bertz CT molecular complexity index is 300. The molecule has 0 bridgehead atoms. The van der Waals surface area contributed by atoms with E-state index >= 15 is 0 Å².